The van der Waals surface area contributed by atoms with Gasteiger partial charge in [0.05, 0.1) is 18.4 Å². The van der Waals surface area contributed by atoms with Crippen molar-refractivity contribution < 1.29 is 13.2 Å². The molecule has 17 heavy (non-hydrogen) atoms. The number of hydrogen-bond acceptors (Lipinski definition) is 4. The lowest BCUT2D eigenvalue weighted by Crippen LogP contribution is -2.48. The number of sulfonamides is 1. The summed E-state index contributed by atoms with van der Waals surface area (Å²) in [6, 6.07) is 2.16. The summed E-state index contributed by atoms with van der Waals surface area (Å²) in [6.07, 6.45) is 5.17. The first kappa shape index (κ1) is 14.4. The molecule has 0 aromatic heterocycles. The van der Waals surface area contributed by atoms with Gasteiger partial charge in [0.1, 0.15) is 5.54 Å². The van der Waals surface area contributed by atoms with Crippen LogP contribution in [0.2, 0.25) is 0 Å². The lowest BCUT2D eigenvalue weighted by Gasteiger charge is -2.25. The number of ether oxygens (including phenoxy) is 1. The molecule has 0 radical (unpaired) electrons. The summed E-state index contributed by atoms with van der Waals surface area (Å²) in [7, 11) is -1.97. The average molecular weight is 260 g/mol. The summed E-state index contributed by atoms with van der Waals surface area (Å²) in [6.45, 7) is 0.150. The Morgan fingerprint density at radius 3 is 2.35 bits per heavy atom. The maximum Gasteiger partial charge on any atom is 0.215 e. The molecule has 1 saturated carbocycles. The van der Waals surface area contributed by atoms with Crippen LogP contribution >= 0.6 is 0 Å². The highest BCUT2D eigenvalue weighted by Crippen LogP contribution is 2.27. The largest absolute Gasteiger partial charge is 0.384 e. The molecular weight excluding hydrogens is 240 g/mol. The third-order valence-corrected chi connectivity index (χ3v) is 4.48. The Kier molecular flexibility index (Phi) is 5.37. The molecule has 1 rings (SSSR count). The van der Waals surface area contributed by atoms with E-state index >= 15 is 0 Å². The van der Waals surface area contributed by atoms with Crippen molar-refractivity contribution in [3.63, 3.8) is 0 Å². The van der Waals surface area contributed by atoms with Crippen LogP contribution < -0.4 is 4.72 Å². The molecule has 1 fully saturated rings. The molecule has 0 aliphatic heterocycles. The Morgan fingerprint density at radius 1 is 1.29 bits per heavy atom. The van der Waals surface area contributed by atoms with E-state index in [-0.39, 0.29) is 12.4 Å². The molecule has 0 heterocycles. The van der Waals surface area contributed by atoms with Gasteiger partial charge in [0.25, 0.3) is 0 Å². The number of nitrogens with zero attached hydrogens (tertiary/aromatic N) is 1. The maximum atomic E-state index is 11.8. The van der Waals surface area contributed by atoms with Crippen LogP contribution in [-0.2, 0) is 14.8 Å². The van der Waals surface area contributed by atoms with Crippen LogP contribution in [0, 0.1) is 11.3 Å². The Morgan fingerprint density at radius 2 is 1.88 bits per heavy atom. The predicted molar refractivity (Wildman–Crippen MR) is 64.8 cm³/mol. The fraction of sp³-hybridized carbons (Fsp3) is 0.909. The molecule has 0 bridgehead atoms. The Bertz CT molecular complexity index is 365. The van der Waals surface area contributed by atoms with Crippen LogP contribution in [0.15, 0.2) is 0 Å². The van der Waals surface area contributed by atoms with E-state index in [9.17, 15) is 13.7 Å². The highest BCUT2D eigenvalue weighted by Gasteiger charge is 2.34. The summed E-state index contributed by atoms with van der Waals surface area (Å²) in [5.74, 6) is -0.0903. The molecule has 0 aromatic carbocycles. The predicted octanol–water partition coefficient (Wildman–Crippen LogP) is 1.17. The van der Waals surface area contributed by atoms with Gasteiger partial charge in [-0.15, -0.1) is 0 Å². The van der Waals surface area contributed by atoms with E-state index in [0.29, 0.717) is 12.8 Å². The Hall–Kier alpha value is -0.640. The van der Waals surface area contributed by atoms with E-state index < -0.39 is 15.6 Å². The standard InChI is InChI=1S/C11H20N2O3S/c1-16-8-9-17(14,15)13-11(10-12)6-4-2-3-5-7-11/h13H,2-9H2,1H3. The lowest BCUT2D eigenvalue weighted by molar-refractivity contribution is 0.216. The van der Waals surface area contributed by atoms with Crippen molar-refractivity contribution in [1.29, 1.82) is 5.26 Å². The van der Waals surface area contributed by atoms with Gasteiger partial charge in [0, 0.05) is 7.11 Å². The molecule has 98 valence electrons. The second-order valence-electron chi connectivity index (χ2n) is 4.52. The highest BCUT2D eigenvalue weighted by molar-refractivity contribution is 7.89. The van der Waals surface area contributed by atoms with Crippen molar-refractivity contribution in [2.75, 3.05) is 19.5 Å². The summed E-state index contributed by atoms with van der Waals surface area (Å²) < 4.78 is 30.9. The highest BCUT2D eigenvalue weighted by atomic mass is 32.2. The maximum absolute atomic E-state index is 11.8. The Balaban J connectivity index is 2.71. The normalized spacial score (nSPS) is 20.5. The molecule has 1 aliphatic rings. The summed E-state index contributed by atoms with van der Waals surface area (Å²) >= 11 is 0. The van der Waals surface area contributed by atoms with Crippen LogP contribution in [0.25, 0.3) is 0 Å². The zero-order valence-corrected chi connectivity index (χ0v) is 11.1. The first-order chi connectivity index (χ1) is 8.04. The van der Waals surface area contributed by atoms with Crippen molar-refractivity contribution >= 4 is 10.0 Å². The molecule has 0 spiro atoms. The van der Waals surface area contributed by atoms with Crippen molar-refractivity contribution in [3.05, 3.63) is 0 Å². The molecule has 0 amide bonds. The molecule has 0 saturated heterocycles. The van der Waals surface area contributed by atoms with Crippen molar-refractivity contribution in [2.24, 2.45) is 0 Å². The summed E-state index contributed by atoms with van der Waals surface area (Å²) in [5, 5.41) is 9.25. The van der Waals surface area contributed by atoms with E-state index in [0.717, 1.165) is 25.7 Å². The molecule has 5 nitrogen and oxygen atoms in total. The van der Waals surface area contributed by atoms with Crippen LogP contribution in [-0.4, -0.2) is 33.4 Å². The van der Waals surface area contributed by atoms with Crippen LogP contribution in [0.1, 0.15) is 38.5 Å². The smallest absolute Gasteiger partial charge is 0.215 e. The minimum absolute atomic E-state index is 0.0903. The lowest BCUT2D eigenvalue weighted by atomic mass is 9.94. The van der Waals surface area contributed by atoms with E-state index in [1.165, 1.54) is 7.11 Å². The van der Waals surface area contributed by atoms with Gasteiger partial charge in [-0.25, -0.2) is 8.42 Å². The van der Waals surface area contributed by atoms with Crippen LogP contribution in [0.5, 0.6) is 0 Å². The second kappa shape index (κ2) is 6.34. The van der Waals surface area contributed by atoms with Crippen molar-refractivity contribution in [3.8, 4) is 6.07 Å². The fourth-order valence-corrected chi connectivity index (χ4v) is 3.44. The SMILES string of the molecule is COCCS(=O)(=O)NC1(C#N)CCCCCC1. The zero-order chi connectivity index (χ0) is 12.8. The first-order valence-corrected chi connectivity index (χ1v) is 7.61. The van der Waals surface area contributed by atoms with E-state index in [1.54, 1.807) is 0 Å². The molecular formula is C11H20N2O3S. The van der Waals surface area contributed by atoms with Gasteiger partial charge >= 0.3 is 0 Å². The van der Waals surface area contributed by atoms with Gasteiger partial charge in [-0.2, -0.15) is 9.98 Å². The van der Waals surface area contributed by atoms with Gasteiger partial charge in [-0.05, 0) is 12.8 Å². The molecule has 1 N–H and O–H groups in total. The van der Waals surface area contributed by atoms with E-state index in [4.69, 9.17) is 4.74 Å². The molecule has 0 unspecified atom stereocenters. The monoisotopic (exact) mass is 260 g/mol. The second-order valence-corrected chi connectivity index (χ2v) is 6.36. The minimum Gasteiger partial charge on any atom is -0.384 e. The molecule has 0 aromatic rings. The van der Waals surface area contributed by atoms with Crippen molar-refractivity contribution in [2.45, 2.75) is 44.1 Å². The number of hydrogen-bond donors (Lipinski definition) is 1. The molecule has 6 heteroatoms. The summed E-state index contributed by atoms with van der Waals surface area (Å²) in [5.41, 5.74) is -0.900. The number of methoxy groups -OCH3 is 1. The summed E-state index contributed by atoms with van der Waals surface area (Å²) in [4.78, 5) is 0. The molecule has 0 atom stereocenters. The first-order valence-electron chi connectivity index (χ1n) is 5.95. The van der Waals surface area contributed by atoms with Gasteiger partial charge in [-0.3, -0.25) is 0 Å². The fourth-order valence-electron chi connectivity index (χ4n) is 2.11. The van der Waals surface area contributed by atoms with Crippen LogP contribution in [0.3, 0.4) is 0 Å². The quantitative estimate of drug-likeness (QED) is 0.752. The third kappa shape index (κ3) is 4.62. The van der Waals surface area contributed by atoms with Gasteiger partial charge < -0.3 is 4.74 Å². The Labute approximate surface area is 103 Å². The van der Waals surface area contributed by atoms with E-state index in [2.05, 4.69) is 10.8 Å². The number of rotatable bonds is 5. The number of nitrogens with one attached hydrogen (secondary N) is 1. The van der Waals surface area contributed by atoms with Gasteiger partial charge in [0.2, 0.25) is 10.0 Å². The van der Waals surface area contributed by atoms with Gasteiger partial charge in [-0.1, -0.05) is 25.7 Å². The average Bonchev–Trinajstić information content (AvgIpc) is 2.52. The third-order valence-electron chi connectivity index (χ3n) is 3.08. The zero-order valence-electron chi connectivity index (χ0n) is 10.2. The minimum atomic E-state index is -3.43. The molecule has 1 aliphatic carbocycles. The van der Waals surface area contributed by atoms with E-state index in [1.807, 2.05) is 0 Å². The van der Waals surface area contributed by atoms with Crippen LogP contribution in [0.4, 0.5) is 0 Å². The number of nitriles is 1. The van der Waals surface area contributed by atoms with Gasteiger partial charge in [0.15, 0.2) is 0 Å². The topological polar surface area (TPSA) is 79.2 Å². The van der Waals surface area contributed by atoms with Crippen molar-refractivity contribution in [1.82, 2.24) is 4.72 Å².